The Balaban J connectivity index is 1.78. The number of nitrogens with one attached hydrogen (secondary N) is 1. The fourth-order valence-corrected chi connectivity index (χ4v) is 3.81. The van der Waals surface area contributed by atoms with E-state index in [1.807, 2.05) is 6.07 Å². The highest BCUT2D eigenvalue weighted by molar-refractivity contribution is 9.10. The minimum absolute atomic E-state index is 0.130. The van der Waals surface area contributed by atoms with Gasteiger partial charge < -0.3 is 24.6 Å². The molecule has 0 bridgehead atoms. The normalized spacial score (nSPS) is 10.5. The predicted molar refractivity (Wildman–Crippen MR) is 124 cm³/mol. The van der Waals surface area contributed by atoms with Gasteiger partial charge in [0, 0.05) is 12.1 Å². The Morgan fingerprint density at radius 3 is 2.50 bits per heavy atom. The molecule has 0 aliphatic carbocycles. The van der Waals surface area contributed by atoms with Gasteiger partial charge in [0.05, 0.1) is 35.0 Å². The average Bonchev–Trinajstić information content (AvgIpc) is 2.77. The first-order valence-electron chi connectivity index (χ1n) is 9.40. The second-order valence-electron chi connectivity index (χ2n) is 6.71. The third-order valence-electron chi connectivity index (χ3n) is 4.61. The first kappa shape index (κ1) is 23.7. The second-order valence-corrected chi connectivity index (χ2v) is 7.97. The van der Waals surface area contributed by atoms with E-state index in [4.69, 9.17) is 25.8 Å². The van der Waals surface area contributed by atoms with Crippen LogP contribution in [0.3, 0.4) is 0 Å². The molecule has 0 saturated heterocycles. The van der Waals surface area contributed by atoms with Gasteiger partial charge in [-0.25, -0.2) is 9.18 Å². The van der Waals surface area contributed by atoms with Crippen molar-refractivity contribution in [3.8, 4) is 17.2 Å². The van der Waals surface area contributed by atoms with E-state index in [2.05, 4.69) is 21.2 Å². The molecule has 0 radical (unpaired) electrons. The second kappa shape index (κ2) is 10.6. The molecule has 2 N–H and O–H groups in total. The first-order valence-corrected chi connectivity index (χ1v) is 10.6. The van der Waals surface area contributed by atoms with Gasteiger partial charge in [0.1, 0.15) is 18.2 Å². The Morgan fingerprint density at radius 2 is 1.84 bits per heavy atom. The maximum Gasteiger partial charge on any atom is 0.335 e. The number of carboxylic acid groups (broad SMARTS) is 1. The van der Waals surface area contributed by atoms with Crippen LogP contribution in [-0.2, 0) is 13.2 Å². The summed E-state index contributed by atoms with van der Waals surface area (Å²) >= 11 is 9.57. The number of rotatable bonds is 9. The molecule has 0 heterocycles. The van der Waals surface area contributed by atoms with Gasteiger partial charge in [-0.1, -0.05) is 17.7 Å². The van der Waals surface area contributed by atoms with E-state index in [0.717, 1.165) is 5.56 Å². The number of hydrogen-bond acceptors (Lipinski definition) is 5. The molecule has 168 valence electrons. The van der Waals surface area contributed by atoms with Crippen LogP contribution in [0, 0.1) is 5.82 Å². The topological polar surface area (TPSA) is 77.0 Å². The van der Waals surface area contributed by atoms with Gasteiger partial charge in [0.15, 0.2) is 11.5 Å². The molecule has 0 fully saturated rings. The van der Waals surface area contributed by atoms with E-state index in [1.165, 1.54) is 38.5 Å². The molecule has 3 aromatic carbocycles. The molecule has 0 atom stereocenters. The highest BCUT2D eigenvalue weighted by atomic mass is 79.9. The molecule has 32 heavy (non-hydrogen) atoms. The van der Waals surface area contributed by atoms with Crippen LogP contribution in [0.25, 0.3) is 0 Å². The Bertz CT molecular complexity index is 1140. The lowest BCUT2D eigenvalue weighted by molar-refractivity contribution is 0.0697. The largest absolute Gasteiger partial charge is 0.495 e. The summed E-state index contributed by atoms with van der Waals surface area (Å²) in [6.45, 7) is 0.503. The van der Waals surface area contributed by atoms with E-state index in [-0.39, 0.29) is 17.2 Å². The zero-order valence-corrected chi connectivity index (χ0v) is 19.6. The van der Waals surface area contributed by atoms with Crippen molar-refractivity contribution in [3.05, 3.63) is 80.5 Å². The number of benzene rings is 3. The van der Waals surface area contributed by atoms with Crippen LogP contribution in [0.4, 0.5) is 10.1 Å². The van der Waals surface area contributed by atoms with Crippen LogP contribution in [0.15, 0.2) is 53.0 Å². The minimum Gasteiger partial charge on any atom is -0.495 e. The summed E-state index contributed by atoms with van der Waals surface area (Å²) < 4.78 is 30.6. The van der Waals surface area contributed by atoms with Gasteiger partial charge >= 0.3 is 5.97 Å². The smallest absolute Gasteiger partial charge is 0.335 e. The fraction of sp³-hybridized carbons (Fsp3) is 0.174. The van der Waals surface area contributed by atoms with Crippen LogP contribution >= 0.6 is 27.5 Å². The molecule has 3 aromatic rings. The van der Waals surface area contributed by atoms with Crippen molar-refractivity contribution in [2.24, 2.45) is 0 Å². The van der Waals surface area contributed by atoms with E-state index >= 15 is 0 Å². The number of carboxylic acids is 1. The van der Waals surface area contributed by atoms with Crippen LogP contribution in [0.5, 0.6) is 17.2 Å². The standard InChI is InChI=1S/C23H20BrClFNO5/c1-30-20-6-4-14(23(28)29)9-19(20)27-11-13-7-17(24)22(21(8-13)31-2)32-12-15-3-5-16(26)10-18(15)25/h3-10,27H,11-12H2,1-2H3,(H,28,29). The van der Waals surface area contributed by atoms with E-state index in [9.17, 15) is 14.3 Å². The summed E-state index contributed by atoms with van der Waals surface area (Å²) in [5.74, 6) is 0.0441. The van der Waals surface area contributed by atoms with Crippen LogP contribution < -0.4 is 19.5 Å². The molecule has 0 spiro atoms. The highest BCUT2D eigenvalue weighted by Gasteiger charge is 2.14. The van der Waals surface area contributed by atoms with Gasteiger partial charge in [0.25, 0.3) is 0 Å². The van der Waals surface area contributed by atoms with Gasteiger partial charge in [-0.3, -0.25) is 0 Å². The van der Waals surface area contributed by atoms with Crippen molar-refractivity contribution in [1.82, 2.24) is 0 Å². The SMILES string of the molecule is COc1ccc(C(=O)O)cc1NCc1cc(Br)c(OCc2ccc(F)cc2Cl)c(OC)c1. The van der Waals surface area contributed by atoms with E-state index < -0.39 is 11.8 Å². The molecule has 0 amide bonds. The van der Waals surface area contributed by atoms with Crippen molar-refractivity contribution < 1.29 is 28.5 Å². The zero-order chi connectivity index (χ0) is 23.3. The first-order chi connectivity index (χ1) is 15.3. The summed E-state index contributed by atoms with van der Waals surface area (Å²) in [4.78, 5) is 11.3. The Kier molecular flexibility index (Phi) is 7.82. The van der Waals surface area contributed by atoms with Crippen molar-refractivity contribution in [1.29, 1.82) is 0 Å². The third-order valence-corrected chi connectivity index (χ3v) is 5.55. The number of carbonyl (C=O) groups is 1. The lowest BCUT2D eigenvalue weighted by Gasteiger charge is -2.16. The Hall–Kier alpha value is -2.97. The molecule has 0 saturated carbocycles. The minimum atomic E-state index is -1.03. The quantitative estimate of drug-likeness (QED) is 0.350. The van der Waals surface area contributed by atoms with Crippen LogP contribution in [0.2, 0.25) is 5.02 Å². The molecule has 0 aromatic heterocycles. The molecular weight excluding hydrogens is 505 g/mol. The maximum absolute atomic E-state index is 13.2. The third kappa shape index (κ3) is 5.63. The van der Waals surface area contributed by atoms with Crippen molar-refractivity contribution >= 4 is 39.2 Å². The number of methoxy groups -OCH3 is 2. The van der Waals surface area contributed by atoms with E-state index in [0.29, 0.717) is 39.5 Å². The highest BCUT2D eigenvalue weighted by Crippen LogP contribution is 2.38. The van der Waals surface area contributed by atoms with Crippen LogP contribution in [0.1, 0.15) is 21.5 Å². The predicted octanol–water partition coefficient (Wildman–Crippen LogP) is 6.15. The van der Waals surface area contributed by atoms with Crippen molar-refractivity contribution in [2.75, 3.05) is 19.5 Å². The van der Waals surface area contributed by atoms with Gasteiger partial charge in [-0.05, 0) is 64.0 Å². The summed E-state index contributed by atoms with van der Waals surface area (Å²) in [5.41, 5.74) is 2.19. The fourth-order valence-electron chi connectivity index (χ4n) is 2.98. The number of anilines is 1. The summed E-state index contributed by atoms with van der Waals surface area (Å²) in [6, 6.07) is 12.4. The number of hydrogen-bond donors (Lipinski definition) is 2. The van der Waals surface area contributed by atoms with Gasteiger partial charge in [-0.2, -0.15) is 0 Å². The average molecular weight is 525 g/mol. The van der Waals surface area contributed by atoms with Gasteiger partial charge in [0.2, 0.25) is 0 Å². The molecule has 9 heteroatoms. The molecule has 0 aliphatic heterocycles. The van der Waals surface area contributed by atoms with Crippen LogP contribution in [-0.4, -0.2) is 25.3 Å². The van der Waals surface area contributed by atoms with Crippen molar-refractivity contribution in [3.63, 3.8) is 0 Å². The zero-order valence-electron chi connectivity index (χ0n) is 17.2. The number of halogens is 3. The summed E-state index contributed by atoms with van der Waals surface area (Å²) in [7, 11) is 3.04. The van der Waals surface area contributed by atoms with Gasteiger partial charge in [-0.15, -0.1) is 0 Å². The lowest BCUT2D eigenvalue weighted by atomic mass is 10.1. The Morgan fingerprint density at radius 1 is 1.09 bits per heavy atom. The monoisotopic (exact) mass is 523 g/mol. The van der Waals surface area contributed by atoms with E-state index in [1.54, 1.807) is 18.2 Å². The number of aromatic carboxylic acids is 1. The molecular formula is C23H20BrClFNO5. The Labute approximate surface area is 198 Å². The number of ether oxygens (including phenoxy) is 3. The van der Waals surface area contributed by atoms with Crippen molar-refractivity contribution in [2.45, 2.75) is 13.2 Å². The summed E-state index contributed by atoms with van der Waals surface area (Å²) in [5, 5.41) is 12.7. The lowest BCUT2D eigenvalue weighted by Crippen LogP contribution is -2.05. The molecule has 6 nitrogen and oxygen atoms in total. The maximum atomic E-state index is 13.2. The molecule has 0 unspecified atom stereocenters. The summed E-state index contributed by atoms with van der Waals surface area (Å²) in [6.07, 6.45) is 0. The molecule has 0 aliphatic rings. The molecule has 3 rings (SSSR count).